The van der Waals surface area contributed by atoms with E-state index in [1.165, 1.54) is 0 Å². The van der Waals surface area contributed by atoms with Gasteiger partial charge in [-0.1, -0.05) is 40.2 Å². The number of esters is 1. The molecule has 0 spiro atoms. The van der Waals surface area contributed by atoms with Crippen LogP contribution in [0, 0.1) is 0 Å². The molecule has 0 radical (unpaired) electrons. The van der Waals surface area contributed by atoms with Crippen LogP contribution in [-0.2, 0) is 11.3 Å². The summed E-state index contributed by atoms with van der Waals surface area (Å²) in [5.74, 6) is -0.376. The number of anilines is 2. The quantitative estimate of drug-likeness (QED) is 0.636. The number of hydrogen-bond donors (Lipinski definition) is 2. The number of carbonyl (C=O) groups is 1. The van der Waals surface area contributed by atoms with E-state index in [2.05, 4.69) is 21.2 Å². The van der Waals surface area contributed by atoms with Gasteiger partial charge in [0.05, 0.1) is 23.5 Å². The van der Waals surface area contributed by atoms with E-state index in [4.69, 9.17) is 10.5 Å². The predicted molar refractivity (Wildman–Crippen MR) is 88.3 cm³/mol. The zero-order chi connectivity index (χ0) is 15.2. The lowest BCUT2D eigenvalue weighted by atomic mass is 10.1. The monoisotopic (exact) mass is 348 g/mol. The van der Waals surface area contributed by atoms with Gasteiger partial charge >= 0.3 is 5.97 Å². The van der Waals surface area contributed by atoms with E-state index in [0.717, 1.165) is 10.0 Å². The van der Waals surface area contributed by atoms with Crippen LogP contribution in [0.15, 0.2) is 46.9 Å². The van der Waals surface area contributed by atoms with Gasteiger partial charge in [-0.15, -0.1) is 0 Å². The molecular formula is C16H17BrN2O2. The molecule has 110 valence electrons. The summed E-state index contributed by atoms with van der Waals surface area (Å²) in [7, 11) is 0. The molecule has 0 aliphatic carbocycles. The fourth-order valence-electron chi connectivity index (χ4n) is 1.97. The van der Waals surface area contributed by atoms with Crippen LogP contribution < -0.4 is 11.1 Å². The van der Waals surface area contributed by atoms with Gasteiger partial charge in [-0.25, -0.2) is 4.79 Å². The van der Waals surface area contributed by atoms with Crippen LogP contribution in [0.1, 0.15) is 22.8 Å². The van der Waals surface area contributed by atoms with Crippen LogP contribution in [-0.4, -0.2) is 12.6 Å². The van der Waals surface area contributed by atoms with Crippen molar-refractivity contribution in [3.63, 3.8) is 0 Å². The summed E-state index contributed by atoms with van der Waals surface area (Å²) in [6.45, 7) is 2.66. The highest BCUT2D eigenvalue weighted by Gasteiger charge is 2.14. The lowest BCUT2D eigenvalue weighted by molar-refractivity contribution is 0.0527. The Bertz CT molecular complexity index is 644. The van der Waals surface area contributed by atoms with Gasteiger partial charge in [0.2, 0.25) is 0 Å². The molecule has 0 amide bonds. The van der Waals surface area contributed by atoms with Crippen LogP contribution in [0.2, 0.25) is 0 Å². The van der Waals surface area contributed by atoms with Crippen molar-refractivity contribution < 1.29 is 9.53 Å². The normalized spacial score (nSPS) is 10.2. The van der Waals surface area contributed by atoms with E-state index in [9.17, 15) is 4.79 Å². The molecule has 0 heterocycles. The van der Waals surface area contributed by atoms with E-state index in [0.29, 0.717) is 30.1 Å². The van der Waals surface area contributed by atoms with Crippen molar-refractivity contribution in [1.29, 1.82) is 0 Å². The molecule has 0 saturated heterocycles. The number of hydrogen-bond acceptors (Lipinski definition) is 4. The van der Waals surface area contributed by atoms with Crippen molar-refractivity contribution in [2.24, 2.45) is 0 Å². The Morgan fingerprint density at radius 1 is 1.24 bits per heavy atom. The summed E-state index contributed by atoms with van der Waals surface area (Å²) in [6.07, 6.45) is 0. The number of para-hydroxylation sites is 1. The maximum Gasteiger partial charge on any atom is 0.340 e. The number of nitrogens with two attached hydrogens (primary N) is 1. The van der Waals surface area contributed by atoms with Gasteiger partial charge in [0.15, 0.2) is 0 Å². The standard InChI is InChI=1S/C16H17BrN2O2/c1-2-21-16(20)12-7-5-9-14(18)15(12)19-10-11-6-3-4-8-13(11)17/h3-9,19H,2,10,18H2,1H3. The number of nitrogens with one attached hydrogen (secondary N) is 1. The Balaban J connectivity index is 2.23. The summed E-state index contributed by atoms with van der Waals surface area (Å²) < 4.78 is 6.06. The highest BCUT2D eigenvalue weighted by molar-refractivity contribution is 9.10. The molecule has 4 nitrogen and oxygen atoms in total. The Hall–Kier alpha value is -2.01. The fourth-order valence-corrected chi connectivity index (χ4v) is 2.40. The minimum atomic E-state index is -0.376. The third-order valence-electron chi connectivity index (χ3n) is 3.01. The number of rotatable bonds is 5. The molecular weight excluding hydrogens is 332 g/mol. The first-order chi connectivity index (χ1) is 10.1. The largest absolute Gasteiger partial charge is 0.462 e. The summed E-state index contributed by atoms with van der Waals surface area (Å²) in [6, 6.07) is 13.1. The predicted octanol–water partition coefficient (Wildman–Crippen LogP) is 3.82. The number of benzene rings is 2. The zero-order valence-corrected chi connectivity index (χ0v) is 13.3. The van der Waals surface area contributed by atoms with E-state index < -0.39 is 0 Å². The highest BCUT2D eigenvalue weighted by atomic mass is 79.9. The summed E-state index contributed by atoms with van der Waals surface area (Å²) >= 11 is 3.50. The molecule has 2 aromatic carbocycles. The fraction of sp³-hybridized carbons (Fsp3) is 0.188. The smallest absolute Gasteiger partial charge is 0.340 e. The molecule has 0 unspecified atom stereocenters. The number of ether oxygens (including phenoxy) is 1. The first-order valence-electron chi connectivity index (χ1n) is 6.66. The van der Waals surface area contributed by atoms with Gasteiger partial charge in [-0.2, -0.15) is 0 Å². The first-order valence-corrected chi connectivity index (χ1v) is 7.45. The van der Waals surface area contributed by atoms with Gasteiger partial charge in [0.1, 0.15) is 0 Å². The van der Waals surface area contributed by atoms with E-state index >= 15 is 0 Å². The lowest BCUT2D eigenvalue weighted by Gasteiger charge is -2.14. The van der Waals surface area contributed by atoms with Crippen LogP contribution >= 0.6 is 15.9 Å². The third kappa shape index (κ3) is 3.76. The van der Waals surface area contributed by atoms with E-state index in [-0.39, 0.29) is 5.97 Å². The zero-order valence-electron chi connectivity index (χ0n) is 11.7. The average Bonchev–Trinajstić information content (AvgIpc) is 2.47. The van der Waals surface area contributed by atoms with Crippen molar-refractivity contribution >= 4 is 33.3 Å². The summed E-state index contributed by atoms with van der Waals surface area (Å²) in [5.41, 5.74) is 8.63. The lowest BCUT2D eigenvalue weighted by Crippen LogP contribution is -2.11. The van der Waals surface area contributed by atoms with Crippen molar-refractivity contribution in [1.82, 2.24) is 0 Å². The Morgan fingerprint density at radius 2 is 2.00 bits per heavy atom. The SMILES string of the molecule is CCOC(=O)c1cccc(N)c1NCc1ccccc1Br. The van der Waals surface area contributed by atoms with Crippen LogP contribution in [0.4, 0.5) is 11.4 Å². The van der Waals surface area contributed by atoms with Crippen molar-refractivity contribution in [2.45, 2.75) is 13.5 Å². The number of carbonyl (C=O) groups excluding carboxylic acids is 1. The maximum atomic E-state index is 12.0. The molecule has 0 aliphatic rings. The minimum Gasteiger partial charge on any atom is -0.462 e. The summed E-state index contributed by atoms with van der Waals surface area (Å²) in [5, 5.41) is 3.22. The second-order valence-electron chi connectivity index (χ2n) is 4.44. The van der Waals surface area contributed by atoms with Gasteiger partial charge in [-0.05, 0) is 30.7 Å². The molecule has 5 heteroatoms. The van der Waals surface area contributed by atoms with E-state index in [1.54, 1.807) is 25.1 Å². The molecule has 3 N–H and O–H groups in total. The van der Waals surface area contributed by atoms with Crippen LogP contribution in [0.3, 0.4) is 0 Å². The molecule has 0 aliphatic heterocycles. The van der Waals surface area contributed by atoms with Crippen LogP contribution in [0.5, 0.6) is 0 Å². The second kappa shape index (κ2) is 7.13. The Kier molecular flexibility index (Phi) is 5.22. The molecule has 0 bridgehead atoms. The molecule has 0 saturated carbocycles. The maximum absolute atomic E-state index is 12.0. The minimum absolute atomic E-state index is 0.331. The molecule has 0 aromatic heterocycles. The molecule has 0 fully saturated rings. The van der Waals surface area contributed by atoms with Gasteiger partial charge in [0.25, 0.3) is 0 Å². The molecule has 2 aromatic rings. The van der Waals surface area contributed by atoms with E-state index in [1.807, 2.05) is 24.3 Å². The van der Waals surface area contributed by atoms with Crippen molar-refractivity contribution in [3.05, 3.63) is 58.1 Å². The topological polar surface area (TPSA) is 64.3 Å². The van der Waals surface area contributed by atoms with Crippen molar-refractivity contribution in [2.75, 3.05) is 17.7 Å². The van der Waals surface area contributed by atoms with Crippen molar-refractivity contribution in [3.8, 4) is 0 Å². The average molecular weight is 349 g/mol. The third-order valence-corrected chi connectivity index (χ3v) is 3.78. The highest BCUT2D eigenvalue weighted by Crippen LogP contribution is 2.26. The molecule has 2 rings (SSSR count). The first kappa shape index (κ1) is 15.4. The van der Waals surface area contributed by atoms with Crippen LogP contribution in [0.25, 0.3) is 0 Å². The summed E-state index contributed by atoms with van der Waals surface area (Å²) in [4.78, 5) is 12.0. The Morgan fingerprint density at radius 3 is 2.71 bits per heavy atom. The number of nitrogen functional groups attached to an aromatic ring is 1. The number of halogens is 1. The molecule has 0 atom stereocenters. The second-order valence-corrected chi connectivity index (χ2v) is 5.29. The van der Waals surface area contributed by atoms with Gasteiger partial charge in [0, 0.05) is 11.0 Å². The van der Waals surface area contributed by atoms with Gasteiger partial charge < -0.3 is 15.8 Å². The Labute approximate surface area is 132 Å². The van der Waals surface area contributed by atoms with Gasteiger partial charge in [-0.3, -0.25) is 0 Å². The molecule has 21 heavy (non-hydrogen) atoms.